The highest BCUT2D eigenvalue weighted by Gasteiger charge is 2.30. The number of carbonyl (C=O) groups is 1. The van der Waals surface area contributed by atoms with Crippen molar-refractivity contribution >= 4 is 40.6 Å². The van der Waals surface area contributed by atoms with E-state index in [-0.39, 0.29) is 18.2 Å². The summed E-state index contributed by atoms with van der Waals surface area (Å²) in [5, 5.41) is 15.2. The lowest BCUT2D eigenvalue weighted by atomic mass is 10.2. The zero-order valence-corrected chi connectivity index (χ0v) is 19.7. The topological polar surface area (TPSA) is 71.8 Å². The number of rotatable bonds is 8. The predicted octanol–water partition coefficient (Wildman–Crippen LogP) is 6.28. The summed E-state index contributed by atoms with van der Waals surface area (Å²) in [7, 11) is 0. The van der Waals surface area contributed by atoms with Crippen LogP contribution < -0.4 is 10.6 Å². The minimum Gasteiger partial charge on any atom is -0.378 e. The van der Waals surface area contributed by atoms with Gasteiger partial charge in [-0.25, -0.2) is 0 Å². The molecule has 0 fully saturated rings. The number of halogens is 4. The van der Waals surface area contributed by atoms with Crippen LogP contribution in [-0.2, 0) is 17.5 Å². The maximum atomic E-state index is 13.0. The van der Waals surface area contributed by atoms with E-state index in [0.717, 1.165) is 17.8 Å². The van der Waals surface area contributed by atoms with E-state index in [2.05, 4.69) is 20.8 Å². The van der Waals surface area contributed by atoms with E-state index >= 15 is 0 Å². The molecular weight excluding hydrogens is 499 g/mol. The molecule has 0 aliphatic carbocycles. The summed E-state index contributed by atoms with van der Waals surface area (Å²) in [4.78, 5) is 12.4. The first-order valence-electron chi connectivity index (χ1n) is 10.4. The fraction of sp³-hybridized carbons (Fsp3) is 0.125. The molecular formula is C24H19ClF3N5OS. The lowest BCUT2D eigenvalue weighted by molar-refractivity contribution is -0.137. The molecule has 6 nitrogen and oxygen atoms in total. The normalized spacial score (nSPS) is 11.3. The molecule has 4 aromatic rings. The number of hydrogen-bond donors (Lipinski definition) is 2. The Morgan fingerprint density at radius 1 is 0.943 bits per heavy atom. The molecule has 35 heavy (non-hydrogen) atoms. The van der Waals surface area contributed by atoms with Gasteiger partial charge in [0.25, 0.3) is 0 Å². The van der Waals surface area contributed by atoms with E-state index in [9.17, 15) is 18.0 Å². The van der Waals surface area contributed by atoms with Crippen LogP contribution in [0.1, 0.15) is 11.4 Å². The summed E-state index contributed by atoms with van der Waals surface area (Å²) in [6, 6.07) is 21.0. The molecule has 0 atom stereocenters. The van der Waals surface area contributed by atoms with E-state index in [1.807, 2.05) is 30.3 Å². The number of carbonyl (C=O) groups excluding carboxylic acids is 1. The zero-order chi connectivity index (χ0) is 24.8. The first-order valence-corrected chi connectivity index (χ1v) is 11.7. The Kier molecular flexibility index (Phi) is 7.62. The van der Waals surface area contributed by atoms with Gasteiger partial charge in [-0.1, -0.05) is 53.7 Å². The molecule has 0 saturated carbocycles. The maximum absolute atomic E-state index is 13.0. The number of para-hydroxylation sites is 1. The Morgan fingerprint density at radius 2 is 1.69 bits per heavy atom. The van der Waals surface area contributed by atoms with Gasteiger partial charge >= 0.3 is 6.18 Å². The first kappa shape index (κ1) is 24.6. The van der Waals surface area contributed by atoms with Crippen molar-refractivity contribution in [1.29, 1.82) is 0 Å². The largest absolute Gasteiger partial charge is 0.416 e. The van der Waals surface area contributed by atoms with Crippen molar-refractivity contribution in [3.05, 3.63) is 95.3 Å². The average Bonchev–Trinajstić information content (AvgIpc) is 3.24. The summed E-state index contributed by atoms with van der Waals surface area (Å²) >= 11 is 7.15. The summed E-state index contributed by atoms with van der Waals surface area (Å²) < 4.78 is 40.9. The Hall–Kier alpha value is -3.50. The second-order valence-electron chi connectivity index (χ2n) is 7.35. The number of thioether (sulfide) groups is 1. The minimum absolute atomic E-state index is 0.0680. The number of benzene rings is 3. The predicted molar refractivity (Wildman–Crippen MR) is 131 cm³/mol. The van der Waals surface area contributed by atoms with Gasteiger partial charge in [0.15, 0.2) is 11.0 Å². The second kappa shape index (κ2) is 10.8. The van der Waals surface area contributed by atoms with Gasteiger partial charge in [-0.05, 0) is 48.5 Å². The van der Waals surface area contributed by atoms with Crippen molar-refractivity contribution in [3.8, 4) is 5.69 Å². The third-order valence-corrected chi connectivity index (χ3v) is 5.96. The van der Waals surface area contributed by atoms with Crippen LogP contribution in [0.3, 0.4) is 0 Å². The number of nitrogens with zero attached hydrogens (tertiary/aromatic N) is 3. The van der Waals surface area contributed by atoms with Crippen LogP contribution in [0.25, 0.3) is 5.69 Å². The average molecular weight is 518 g/mol. The van der Waals surface area contributed by atoms with Crippen molar-refractivity contribution in [2.24, 2.45) is 0 Å². The number of nitrogens with one attached hydrogen (secondary N) is 2. The lowest BCUT2D eigenvalue weighted by Gasteiger charge is -2.13. The van der Waals surface area contributed by atoms with Gasteiger partial charge in [0.2, 0.25) is 5.91 Å². The van der Waals surface area contributed by atoms with Gasteiger partial charge in [-0.3, -0.25) is 9.36 Å². The van der Waals surface area contributed by atoms with Crippen LogP contribution >= 0.6 is 23.4 Å². The second-order valence-corrected chi connectivity index (χ2v) is 8.73. The van der Waals surface area contributed by atoms with Crippen LogP contribution in [-0.4, -0.2) is 26.4 Å². The molecule has 0 aliphatic rings. The highest BCUT2D eigenvalue weighted by Crippen LogP contribution is 2.31. The third kappa shape index (κ3) is 6.55. The van der Waals surface area contributed by atoms with Crippen LogP contribution in [0.5, 0.6) is 0 Å². The van der Waals surface area contributed by atoms with Gasteiger partial charge in [0, 0.05) is 22.1 Å². The molecule has 2 N–H and O–H groups in total. The maximum Gasteiger partial charge on any atom is 0.416 e. The van der Waals surface area contributed by atoms with E-state index in [0.29, 0.717) is 27.4 Å². The van der Waals surface area contributed by atoms with Crippen LogP contribution in [0, 0.1) is 0 Å². The Labute approximate surface area is 208 Å². The molecule has 0 aliphatic heterocycles. The van der Waals surface area contributed by atoms with Crippen LogP contribution in [0.4, 0.5) is 24.5 Å². The summed E-state index contributed by atoms with van der Waals surface area (Å²) in [5.41, 5.74) is 0.904. The van der Waals surface area contributed by atoms with Gasteiger partial charge in [-0.15, -0.1) is 10.2 Å². The highest BCUT2D eigenvalue weighted by molar-refractivity contribution is 7.99. The van der Waals surface area contributed by atoms with Crippen molar-refractivity contribution in [2.45, 2.75) is 17.9 Å². The smallest absolute Gasteiger partial charge is 0.378 e. The number of aromatic nitrogens is 3. The van der Waals surface area contributed by atoms with Crippen LogP contribution in [0.2, 0.25) is 5.02 Å². The Morgan fingerprint density at radius 3 is 2.43 bits per heavy atom. The first-order chi connectivity index (χ1) is 16.8. The van der Waals surface area contributed by atoms with E-state index < -0.39 is 11.7 Å². The molecule has 0 saturated heterocycles. The monoisotopic (exact) mass is 517 g/mol. The molecule has 1 amide bonds. The van der Waals surface area contributed by atoms with Crippen molar-refractivity contribution < 1.29 is 18.0 Å². The fourth-order valence-corrected chi connectivity index (χ4v) is 4.19. The Bertz CT molecular complexity index is 1310. The fourth-order valence-electron chi connectivity index (χ4n) is 3.22. The zero-order valence-electron chi connectivity index (χ0n) is 18.1. The number of hydrogen-bond acceptors (Lipinski definition) is 5. The van der Waals surface area contributed by atoms with Crippen molar-refractivity contribution in [1.82, 2.24) is 14.8 Å². The van der Waals surface area contributed by atoms with Gasteiger partial charge in [0.05, 0.1) is 17.9 Å². The number of alkyl halides is 3. The third-order valence-electron chi connectivity index (χ3n) is 4.80. The molecule has 4 rings (SSSR count). The molecule has 0 radical (unpaired) electrons. The molecule has 3 aromatic carbocycles. The summed E-state index contributed by atoms with van der Waals surface area (Å²) in [6.07, 6.45) is -4.43. The number of anilines is 2. The number of amides is 1. The SMILES string of the molecule is O=C(CSc1nnc(CNc2cccc(C(F)(F)F)c2)n1-c1ccccc1)Nc1cccc(Cl)c1. The molecule has 1 aromatic heterocycles. The van der Waals surface area contributed by atoms with Gasteiger partial charge in [0.1, 0.15) is 0 Å². The van der Waals surface area contributed by atoms with E-state index in [1.54, 1.807) is 34.9 Å². The standard InChI is InChI=1S/C24H19ClF3N5OS/c25-17-7-5-9-19(13-17)30-22(34)15-35-23-32-31-21(33(23)20-10-2-1-3-11-20)14-29-18-8-4-6-16(12-18)24(26,27)28/h1-13,29H,14-15H2,(H,30,34). The van der Waals surface area contributed by atoms with Crippen molar-refractivity contribution in [2.75, 3.05) is 16.4 Å². The molecule has 180 valence electrons. The minimum atomic E-state index is -4.43. The van der Waals surface area contributed by atoms with Crippen LogP contribution in [0.15, 0.2) is 84.0 Å². The molecule has 0 unspecified atom stereocenters. The van der Waals surface area contributed by atoms with E-state index in [1.165, 1.54) is 17.8 Å². The quantitative estimate of drug-likeness (QED) is 0.269. The lowest BCUT2D eigenvalue weighted by Crippen LogP contribution is -2.15. The summed E-state index contributed by atoms with van der Waals surface area (Å²) in [5.74, 6) is 0.299. The molecule has 0 bridgehead atoms. The van der Waals surface area contributed by atoms with Gasteiger partial charge < -0.3 is 10.6 Å². The van der Waals surface area contributed by atoms with E-state index in [4.69, 9.17) is 11.6 Å². The highest BCUT2D eigenvalue weighted by atomic mass is 35.5. The molecule has 1 heterocycles. The molecule has 0 spiro atoms. The summed E-state index contributed by atoms with van der Waals surface area (Å²) in [6.45, 7) is 0.123. The Balaban J connectivity index is 1.50. The van der Waals surface area contributed by atoms with Crippen molar-refractivity contribution in [3.63, 3.8) is 0 Å². The van der Waals surface area contributed by atoms with Gasteiger partial charge in [-0.2, -0.15) is 13.2 Å². The molecule has 11 heteroatoms.